The summed E-state index contributed by atoms with van der Waals surface area (Å²) >= 11 is 6.81. The van der Waals surface area contributed by atoms with Gasteiger partial charge in [-0.1, -0.05) is 34.1 Å². The number of hydrogen-bond acceptors (Lipinski definition) is 6. The molecule has 0 bridgehead atoms. The highest BCUT2D eigenvalue weighted by molar-refractivity contribution is 9.11. The van der Waals surface area contributed by atoms with Gasteiger partial charge in [0.05, 0.1) is 26.1 Å². The molecule has 0 spiro atoms. The number of non-ortho nitro benzene ring substituents is 1. The summed E-state index contributed by atoms with van der Waals surface area (Å²) in [6.45, 7) is 1.93. The van der Waals surface area contributed by atoms with Gasteiger partial charge in [-0.25, -0.2) is 0 Å². The van der Waals surface area contributed by atoms with Crippen LogP contribution in [0.15, 0.2) is 68.5 Å². The maximum atomic E-state index is 11.4. The molecule has 0 saturated carbocycles. The minimum Gasteiger partial charge on any atom is -0.448 e. The van der Waals surface area contributed by atoms with Crippen LogP contribution in [0.3, 0.4) is 0 Å². The average molecular weight is 535 g/mol. The molecular formula is C20H13Br2N3O5. The first kappa shape index (κ1) is 21.6. The van der Waals surface area contributed by atoms with Crippen LogP contribution in [0.25, 0.3) is 0 Å². The second-order valence-corrected chi connectivity index (χ2v) is 7.89. The van der Waals surface area contributed by atoms with Gasteiger partial charge in [-0.15, -0.1) is 0 Å². The largest absolute Gasteiger partial charge is 0.448 e. The van der Waals surface area contributed by atoms with Crippen LogP contribution in [0.2, 0.25) is 0 Å². The monoisotopic (exact) mass is 533 g/mol. The zero-order chi connectivity index (χ0) is 21.8. The molecule has 8 nitrogen and oxygen atoms in total. The number of para-hydroxylation sites is 1. The van der Waals surface area contributed by atoms with E-state index in [1.54, 1.807) is 18.3 Å². The number of nitro groups is 2. The summed E-state index contributed by atoms with van der Waals surface area (Å²) in [5.41, 5.74) is 1.38. The van der Waals surface area contributed by atoms with Crippen LogP contribution >= 0.6 is 31.9 Å². The molecule has 0 aliphatic heterocycles. The smallest absolute Gasteiger partial charge is 0.318 e. The van der Waals surface area contributed by atoms with Crippen molar-refractivity contribution in [3.63, 3.8) is 0 Å². The van der Waals surface area contributed by atoms with Crippen LogP contribution in [0.4, 0.5) is 17.1 Å². The van der Waals surface area contributed by atoms with Gasteiger partial charge in [-0.05, 0) is 52.7 Å². The van der Waals surface area contributed by atoms with E-state index in [-0.39, 0.29) is 11.5 Å². The molecular weight excluding hydrogens is 522 g/mol. The van der Waals surface area contributed by atoms with E-state index >= 15 is 0 Å². The molecule has 0 fully saturated rings. The van der Waals surface area contributed by atoms with E-state index in [1.165, 1.54) is 6.07 Å². The average Bonchev–Trinajstić information content (AvgIpc) is 2.69. The first-order valence-corrected chi connectivity index (χ1v) is 10.0. The molecule has 0 unspecified atom stereocenters. The second-order valence-electron chi connectivity index (χ2n) is 6.12. The molecule has 0 aromatic heterocycles. The molecule has 0 saturated heterocycles. The summed E-state index contributed by atoms with van der Waals surface area (Å²) in [4.78, 5) is 25.4. The fraction of sp³-hybridized carbons (Fsp3) is 0.0500. The second kappa shape index (κ2) is 9.14. The molecule has 152 valence electrons. The molecule has 3 rings (SSSR count). The predicted molar refractivity (Wildman–Crippen MR) is 120 cm³/mol. The Hall–Kier alpha value is -3.11. The highest BCUT2D eigenvalue weighted by atomic mass is 79.9. The van der Waals surface area contributed by atoms with Gasteiger partial charge in [-0.3, -0.25) is 25.2 Å². The quantitative estimate of drug-likeness (QED) is 0.194. The molecule has 0 radical (unpaired) electrons. The van der Waals surface area contributed by atoms with E-state index < -0.39 is 21.2 Å². The van der Waals surface area contributed by atoms with Crippen LogP contribution in [0.5, 0.6) is 11.5 Å². The van der Waals surface area contributed by atoms with Gasteiger partial charge in [0.2, 0.25) is 5.75 Å². The number of halogens is 2. The van der Waals surface area contributed by atoms with Gasteiger partial charge in [0.15, 0.2) is 5.75 Å². The summed E-state index contributed by atoms with van der Waals surface area (Å²) < 4.78 is 7.08. The van der Waals surface area contributed by atoms with Gasteiger partial charge in [-0.2, -0.15) is 0 Å². The lowest BCUT2D eigenvalue weighted by Crippen LogP contribution is -1.98. The van der Waals surface area contributed by atoms with Crippen LogP contribution in [0.1, 0.15) is 11.1 Å². The van der Waals surface area contributed by atoms with Crippen molar-refractivity contribution in [2.75, 3.05) is 0 Å². The Labute approximate surface area is 187 Å². The molecule has 3 aromatic rings. The number of nitrogens with zero attached hydrogens (tertiary/aromatic N) is 3. The van der Waals surface area contributed by atoms with E-state index in [9.17, 15) is 20.2 Å². The van der Waals surface area contributed by atoms with Crippen molar-refractivity contribution >= 4 is 55.1 Å². The molecule has 30 heavy (non-hydrogen) atoms. The maximum absolute atomic E-state index is 11.4. The number of aryl methyl sites for hydroxylation is 1. The SMILES string of the molecule is Cc1ccccc1N=Cc1cc(Br)cc(Br)c1Oc1ccc([N+](=O)[O-])cc1[N+](=O)[O-]. The third kappa shape index (κ3) is 4.89. The van der Waals surface area contributed by atoms with E-state index in [0.29, 0.717) is 10.0 Å². The van der Waals surface area contributed by atoms with Crippen LogP contribution in [-0.2, 0) is 0 Å². The van der Waals surface area contributed by atoms with Gasteiger partial charge >= 0.3 is 5.69 Å². The number of benzene rings is 3. The molecule has 0 heterocycles. The van der Waals surface area contributed by atoms with Crippen molar-refractivity contribution in [3.05, 3.63) is 94.9 Å². The third-order valence-electron chi connectivity index (χ3n) is 4.06. The van der Waals surface area contributed by atoms with Crippen molar-refractivity contribution in [2.45, 2.75) is 6.92 Å². The Bertz CT molecular complexity index is 1180. The Morgan fingerprint density at radius 1 is 1.00 bits per heavy atom. The van der Waals surface area contributed by atoms with Crippen LogP contribution < -0.4 is 4.74 Å². The molecule has 0 aliphatic carbocycles. The predicted octanol–water partition coefficient (Wildman–Crippen LogP) is 6.88. The standard InChI is InChI=1S/C20H13Br2N3O5/c1-12-4-2-3-5-17(12)23-11-13-8-14(21)9-16(22)20(13)30-19-7-6-15(24(26)27)10-18(19)25(28)29/h2-11H,1H3. The van der Waals surface area contributed by atoms with Gasteiger partial charge in [0.1, 0.15) is 0 Å². The van der Waals surface area contributed by atoms with Crippen molar-refractivity contribution in [1.29, 1.82) is 0 Å². The molecule has 0 N–H and O–H groups in total. The Kier molecular flexibility index (Phi) is 6.58. The van der Waals surface area contributed by atoms with Gasteiger partial charge < -0.3 is 4.74 Å². The number of hydrogen-bond donors (Lipinski definition) is 0. The van der Waals surface area contributed by atoms with E-state index in [0.717, 1.165) is 27.9 Å². The van der Waals surface area contributed by atoms with Crippen molar-refractivity contribution in [3.8, 4) is 11.5 Å². The lowest BCUT2D eigenvalue weighted by Gasteiger charge is -2.12. The minimum absolute atomic E-state index is 0.126. The third-order valence-corrected chi connectivity index (χ3v) is 5.10. The van der Waals surface area contributed by atoms with E-state index in [1.807, 2.05) is 31.2 Å². The first-order valence-electron chi connectivity index (χ1n) is 8.45. The highest BCUT2D eigenvalue weighted by Crippen LogP contribution is 2.40. The Balaban J connectivity index is 2.06. The number of rotatable bonds is 6. The zero-order valence-electron chi connectivity index (χ0n) is 15.4. The normalized spacial score (nSPS) is 10.9. The van der Waals surface area contributed by atoms with Gasteiger partial charge in [0.25, 0.3) is 5.69 Å². The van der Waals surface area contributed by atoms with E-state index in [2.05, 4.69) is 36.9 Å². The van der Waals surface area contributed by atoms with Crippen LogP contribution in [-0.4, -0.2) is 16.1 Å². The lowest BCUT2D eigenvalue weighted by molar-refractivity contribution is -0.394. The molecule has 3 aromatic carbocycles. The number of nitro benzene ring substituents is 2. The molecule has 0 amide bonds. The number of ether oxygens (including phenoxy) is 1. The van der Waals surface area contributed by atoms with E-state index in [4.69, 9.17) is 4.74 Å². The number of aliphatic imine (C=N–C) groups is 1. The topological polar surface area (TPSA) is 108 Å². The molecule has 0 atom stereocenters. The minimum atomic E-state index is -0.726. The highest BCUT2D eigenvalue weighted by Gasteiger charge is 2.23. The van der Waals surface area contributed by atoms with Crippen molar-refractivity contribution in [1.82, 2.24) is 0 Å². The summed E-state index contributed by atoms with van der Waals surface area (Å²) in [5, 5.41) is 22.4. The Morgan fingerprint density at radius 2 is 1.73 bits per heavy atom. The van der Waals surface area contributed by atoms with Crippen molar-refractivity contribution < 1.29 is 14.6 Å². The molecule has 0 aliphatic rings. The first-order chi connectivity index (χ1) is 14.3. The lowest BCUT2D eigenvalue weighted by atomic mass is 10.2. The van der Waals surface area contributed by atoms with Crippen LogP contribution in [0, 0.1) is 27.2 Å². The summed E-state index contributed by atoms with van der Waals surface area (Å²) in [6, 6.07) is 14.3. The Morgan fingerprint density at radius 3 is 2.40 bits per heavy atom. The summed E-state index contributed by atoms with van der Waals surface area (Å²) in [6.07, 6.45) is 1.59. The maximum Gasteiger partial charge on any atom is 0.318 e. The summed E-state index contributed by atoms with van der Waals surface area (Å²) in [5.74, 6) is 0.159. The fourth-order valence-electron chi connectivity index (χ4n) is 2.59. The summed E-state index contributed by atoms with van der Waals surface area (Å²) in [7, 11) is 0. The molecule has 10 heteroatoms. The van der Waals surface area contributed by atoms with Gasteiger partial charge in [0, 0.05) is 22.3 Å². The zero-order valence-corrected chi connectivity index (χ0v) is 18.6. The fourth-order valence-corrected chi connectivity index (χ4v) is 3.93. The van der Waals surface area contributed by atoms with Crippen molar-refractivity contribution in [2.24, 2.45) is 4.99 Å².